The lowest BCUT2D eigenvalue weighted by atomic mass is 10.4. The van der Waals surface area contributed by atoms with E-state index >= 15 is 0 Å². The van der Waals surface area contributed by atoms with Gasteiger partial charge in [0, 0.05) is 13.7 Å². The smallest absolute Gasteiger partial charge is 0.307 e. The molecule has 0 heterocycles. The van der Waals surface area contributed by atoms with Crippen LogP contribution in [0.3, 0.4) is 0 Å². The molecule has 0 fully saturated rings. The SMILES string of the molecule is COCCOCCOCCOCCOC(=O)CCN. The van der Waals surface area contributed by atoms with Gasteiger partial charge in [0.2, 0.25) is 0 Å². The highest BCUT2D eigenvalue weighted by molar-refractivity contribution is 5.69. The Kier molecular flexibility index (Phi) is 14.7. The van der Waals surface area contributed by atoms with Gasteiger partial charge in [0.15, 0.2) is 0 Å². The maximum Gasteiger partial charge on any atom is 0.307 e. The van der Waals surface area contributed by atoms with Crippen molar-refractivity contribution >= 4 is 5.97 Å². The number of hydrogen-bond donors (Lipinski definition) is 1. The third kappa shape index (κ3) is 15.2. The molecule has 0 aromatic carbocycles. The quantitative estimate of drug-likeness (QED) is 0.341. The van der Waals surface area contributed by atoms with Gasteiger partial charge in [0.1, 0.15) is 6.61 Å². The standard InChI is InChI=1S/C12H25NO6/c1-15-4-5-16-6-7-17-8-9-18-10-11-19-12(14)2-3-13/h2-11,13H2,1H3. The zero-order chi connectivity index (χ0) is 14.2. The minimum atomic E-state index is -0.296. The van der Waals surface area contributed by atoms with Crippen LogP contribution < -0.4 is 5.73 Å². The summed E-state index contributed by atoms with van der Waals surface area (Å²) in [5.41, 5.74) is 5.20. The molecule has 0 saturated heterocycles. The van der Waals surface area contributed by atoms with Gasteiger partial charge in [-0.05, 0) is 0 Å². The molecule has 0 atom stereocenters. The molecule has 0 amide bonds. The van der Waals surface area contributed by atoms with E-state index in [0.29, 0.717) is 52.8 Å². The van der Waals surface area contributed by atoms with Crippen molar-refractivity contribution in [1.29, 1.82) is 0 Å². The molecule has 19 heavy (non-hydrogen) atoms. The Morgan fingerprint density at radius 3 is 1.79 bits per heavy atom. The molecule has 0 aromatic heterocycles. The number of esters is 1. The molecule has 114 valence electrons. The summed E-state index contributed by atoms with van der Waals surface area (Å²) in [6, 6.07) is 0. The molecule has 0 aromatic rings. The van der Waals surface area contributed by atoms with E-state index < -0.39 is 0 Å². The molecule has 0 radical (unpaired) electrons. The number of hydrogen-bond acceptors (Lipinski definition) is 7. The van der Waals surface area contributed by atoms with E-state index in [1.165, 1.54) is 0 Å². The fraction of sp³-hybridized carbons (Fsp3) is 0.917. The van der Waals surface area contributed by atoms with Gasteiger partial charge in [0.05, 0.1) is 52.7 Å². The van der Waals surface area contributed by atoms with Gasteiger partial charge in [-0.3, -0.25) is 4.79 Å². The molecular formula is C12H25NO6. The van der Waals surface area contributed by atoms with Crippen LogP contribution in [0.5, 0.6) is 0 Å². The van der Waals surface area contributed by atoms with Gasteiger partial charge in [-0.2, -0.15) is 0 Å². The first kappa shape index (κ1) is 18.3. The van der Waals surface area contributed by atoms with Crippen LogP contribution in [0.4, 0.5) is 0 Å². The van der Waals surface area contributed by atoms with E-state index in [4.69, 9.17) is 29.4 Å². The Balaban J connectivity index is 3.01. The van der Waals surface area contributed by atoms with Crippen molar-refractivity contribution in [3.05, 3.63) is 0 Å². The minimum Gasteiger partial charge on any atom is -0.463 e. The fourth-order valence-corrected chi connectivity index (χ4v) is 1.09. The van der Waals surface area contributed by atoms with E-state index in [9.17, 15) is 4.79 Å². The lowest BCUT2D eigenvalue weighted by Crippen LogP contribution is -2.16. The second-order valence-electron chi connectivity index (χ2n) is 3.59. The van der Waals surface area contributed by atoms with Crippen molar-refractivity contribution in [2.24, 2.45) is 5.73 Å². The maximum absolute atomic E-state index is 10.9. The summed E-state index contributed by atoms with van der Waals surface area (Å²) in [5, 5.41) is 0. The van der Waals surface area contributed by atoms with Crippen LogP contribution in [0.1, 0.15) is 6.42 Å². The average Bonchev–Trinajstić information content (AvgIpc) is 2.40. The molecule has 0 bridgehead atoms. The summed E-state index contributed by atoms with van der Waals surface area (Å²) >= 11 is 0. The van der Waals surface area contributed by atoms with Crippen LogP contribution >= 0.6 is 0 Å². The normalized spacial score (nSPS) is 10.6. The predicted molar refractivity (Wildman–Crippen MR) is 69.0 cm³/mol. The molecule has 0 aliphatic carbocycles. The highest BCUT2D eigenvalue weighted by Gasteiger charge is 1.99. The largest absolute Gasteiger partial charge is 0.463 e. The Morgan fingerprint density at radius 2 is 1.32 bits per heavy atom. The van der Waals surface area contributed by atoms with Crippen molar-refractivity contribution in [2.75, 3.05) is 66.5 Å². The van der Waals surface area contributed by atoms with Gasteiger partial charge in [0.25, 0.3) is 0 Å². The van der Waals surface area contributed by atoms with Crippen LogP contribution in [-0.4, -0.2) is 72.5 Å². The first-order chi connectivity index (χ1) is 9.31. The fourth-order valence-electron chi connectivity index (χ4n) is 1.09. The molecule has 0 saturated carbocycles. The van der Waals surface area contributed by atoms with Crippen molar-refractivity contribution in [2.45, 2.75) is 6.42 Å². The van der Waals surface area contributed by atoms with E-state index in [1.54, 1.807) is 7.11 Å². The Hall–Kier alpha value is -0.730. The Labute approximate surface area is 114 Å². The van der Waals surface area contributed by atoms with Crippen LogP contribution in [0, 0.1) is 0 Å². The number of carbonyl (C=O) groups is 1. The van der Waals surface area contributed by atoms with Gasteiger partial charge in [-0.15, -0.1) is 0 Å². The summed E-state index contributed by atoms with van der Waals surface area (Å²) in [6.45, 7) is 4.11. The van der Waals surface area contributed by atoms with Crippen LogP contribution in [-0.2, 0) is 28.5 Å². The highest BCUT2D eigenvalue weighted by Crippen LogP contribution is 1.86. The average molecular weight is 279 g/mol. The lowest BCUT2D eigenvalue weighted by molar-refractivity contribution is -0.145. The summed E-state index contributed by atoms with van der Waals surface area (Å²) in [6.07, 6.45) is 0.242. The molecule has 7 nitrogen and oxygen atoms in total. The van der Waals surface area contributed by atoms with E-state index in [1.807, 2.05) is 0 Å². The second-order valence-corrected chi connectivity index (χ2v) is 3.59. The van der Waals surface area contributed by atoms with Crippen molar-refractivity contribution in [3.63, 3.8) is 0 Å². The van der Waals surface area contributed by atoms with Crippen LogP contribution in [0.15, 0.2) is 0 Å². The van der Waals surface area contributed by atoms with Gasteiger partial charge in [-0.25, -0.2) is 0 Å². The topological polar surface area (TPSA) is 89.2 Å². The number of ether oxygens (including phenoxy) is 5. The van der Waals surface area contributed by atoms with E-state index in [2.05, 4.69) is 0 Å². The monoisotopic (exact) mass is 279 g/mol. The maximum atomic E-state index is 10.9. The molecular weight excluding hydrogens is 254 g/mol. The van der Waals surface area contributed by atoms with Gasteiger partial charge >= 0.3 is 5.97 Å². The molecule has 0 unspecified atom stereocenters. The summed E-state index contributed by atoms with van der Waals surface area (Å²) in [5.74, 6) is -0.296. The number of carbonyl (C=O) groups excluding carboxylic acids is 1. The Bertz CT molecular complexity index is 203. The highest BCUT2D eigenvalue weighted by atomic mass is 16.6. The third-order valence-electron chi connectivity index (χ3n) is 2.01. The number of rotatable bonds is 14. The molecule has 0 aliphatic rings. The number of nitrogens with two attached hydrogens (primary N) is 1. The minimum absolute atomic E-state index is 0.242. The molecule has 0 spiro atoms. The summed E-state index contributed by atoms with van der Waals surface area (Å²) in [4.78, 5) is 10.9. The Morgan fingerprint density at radius 1 is 0.842 bits per heavy atom. The van der Waals surface area contributed by atoms with Gasteiger partial charge in [-0.1, -0.05) is 0 Å². The van der Waals surface area contributed by atoms with Crippen molar-refractivity contribution in [3.8, 4) is 0 Å². The second kappa shape index (κ2) is 15.3. The molecule has 0 aliphatic heterocycles. The zero-order valence-corrected chi connectivity index (χ0v) is 11.6. The van der Waals surface area contributed by atoms with Crippen LogP contribution in [0.25, 0.3) is 0 Å². The van der Waals surface area contributed by atoms with E-state index in [0.717, 1.165) is 0 Å². The predicted octanol–water partition coefficient (Wildman–Crippen LogP) is -0.425. The molecule has 7 heteroatoms. The number of methoxy groups -OCH3 is 1. The molecule has 2 N–H and O–H groups in total. The van der Waals surface area contributed by atoms with Crippen LogP contribution in [0.2, 0.25) is 0 Å². The van der Waals surface area contributed by atoms with Gasteiger partial charge < -0.3 is 29.4 Å². The first-order valence-electron chi connectivity index (χ1n) is 6.39. The zero-order valence-electron chi connectivity index (χ0n) is 11.6. The first-order valence-corrected chi connectivity index (χ1v) is 6.39. The van der Waals surface area contributed by atoms with Crippen molar-refractivity contribution < 1.29 is 28.5 Å². The van der Waals surface area contributed by atoms with E-state index in [-0.39, 0.29) is 19.0 Å². The molecule has 0 rings (SSSR count). The summed E-state index contributed by atoms with van der Waals surface area (Å²) in [7, 11) is 1.63. The van der Waals surface area contributed by atoms with Crippen molar-refractivity contribution in [1.82, 2.24) is 0 Å². The lowest BCUT2D eigenvalue weighted by Gasteiger charge is -2.07. The summed E-state index contributed by atoms with van der Waals surface area (Å²) < 4.78 is 25.4. The third-order valence-corrected chi connectivity index (χ3v) is 2.01.